The van der Waals surface area contributed by atoms with Crippen molar-refractivity contribution in [2.45, 2.75) is 52.3 Å². The fraction of sp³-hybridized carbons (Fsp3) is 0.562. The number of hydrogen-bond donors (Lipinski definition) is 2. The van der Waals surface area contributed by atoms with Crippen molar-refractivity contribution in [2.24, 2.45) is 0 Å². The van der Waals surface area contributed by atoms with Crippen molar-refractivity contribution >= 4 is 23.0 Å². The van der Waals surface area contributed by atoms with Crippen molar-refractivity contribution in [3.8, 4) is 0 Å². The van der Waals surface area contributed by atoms with Crippen molar-refractivity contribution in [3.05, 3.63) is 37.4 Å². The Morgan fingerprint density at radius 2 is 1.92 bits per heavy atom. The molecule has 10 heteroatoms. The molecule has 1 aliphatic rings. The molecule has 10 nitrogen and oxygen atoms in total. The molecule has 1 amide bonds. The van der Waals surface area contributed by atoms with Gasteiger partial charge in [0.15, 0.2) is 5.69 Å². The van der Waals surface area contributed by atoms with E-state index in [1.54, 1.807) is 4.90 Å². The largest absolute Gasteiger partial charge is 0.392 e. The van der Waals surface area contributed by atoms with Crippen LogP contribution in [0.2, 0.25) is 0 Å². The number of carbonyl (C=O) groups is 1. The van der Waals surface area contributed by atoms with Crippen LogP contribution in [-0.4, -0.2) is 43.9 Å². The van der Waals surface area contributed by atoms with E-state index in [0.29, 0.717) is 0 Å². The van der Waals surface area contributed by atoms with E-state index < -0.39 is 39.4 Å². The Bertz CT molecular complexity index is 771. The number of nitro benzene ring substituents is 2. The smallest absolute Gasteiger partial charge is 0.302 e. The molecule has 1 heterocycles. The number of anilines is 1. The molecule has 1 aromatic carbocycles. The number of rotatable bonds is 5. The van der Waals surface area contributed by atoms with E-state index in [9.17, 15) is 30.1 Å². The Hall–Kier alpha value is -2.75. The molecule has 0 radical (unpaired) electrons. The molecule has 1 atom stereocenters. The van der Waals surface area contributed by atoms with Crippen LogP contribution >= 0.6 is 0 Å². The van der Waals surface area contributed by atoms with E-state index in [4.69, 9.17) is 0 Å². The van der Waals surface area contributed by atoms with Gasteiger partial charge in [0.25, 0.3) is 5.69 Å². The number of hydrogen-bond acceptors (Lipinski definition) is 7. The fourth-order valence-corrected chi connectivity index (χ4v) is 3.14. The molecule has 1 aromatic rings. The number of nitro groups is 2. The summed E-state index contributed by atoms with van der Waals surface area (Å²) < 4.78 is 0. The first kappa shape index (κ1) is 19.6. The number of nitrogens with zero attached hydrogens (tertiary/aromatic N) is 3. The van der Waals surface area contributed by atoms with E-state index in [2.05, 4.69) is 5.32 Å². The maximum atomic E-state index is 12.2. The van der Waals surface area contributed by atoms with Crippen LogP contribution in [0, 0.1) is 27.2 Å². The third-order valence-electron chi connectivity index (χ3n) is 4.47. The van der Waals surface area contributed by atoms with Gasteiger partial charge in [0.2, 0.25) is 5.91 Å². The first-order valence-electron chi connectivity index (χ1n) is 8.10. The minimum atomic E-state index is -0.730. The summed E-state index contributed by atoms with van der Waals surface area (Å²) in [6.45, 7) is 6.79. The average molecular weight is 366 g/mol. The van der Waals surface area contributed by atoms with E-state index in [1.807, 2.05) is 20.8 Å². The van der Waals surface area contributed by atoms with Gasteiger partial charge < -0.3 is 15.3 Å². The SMILES string of the molecule is Cc1c(CO)cc([N+](=O)[O-])c(NC2CC(=O)N(C(C)(C)C)C2)c1[N+](=O)[O-]. The lowest BCUT2D eigenvalue weighted by atomic mass is 10.0. The van der Waals surface area contributed by atoms with Gasteiger partial charge in [-0.3, -0.25) is 25.0 Å². The third-order valence-corrected chi connectivity index (χ3v) is 4.47. The van der Waals surface area contributed by atoms with Crippen LogP contribution in [0.3, 0.4) is 0 Å². The Morgan fingerprint density at radius 1 is 1.31 bits per heavy atom. The zero-order valence-electron chi connectivity index (χ0n) is 15.1. The Kier molecular flexibility index (Phi) is 5.17. The highest BCUT2D eigenvalue weighted by molar-refractivity contribution is 5.83. The van der Waals surface area contributed by atoms with Gasteiger partial charge >= 0.3 is 5.69 Å². The number of likely N-dealkylation sites (tertiary alicyclic amines) is 1. The van der Waals surface area contributed by atoms with Crippen molar-refractivity contribution in [1.29, 1.82) is 0 Å². The molecular formula is C16H22N4O6. The fourth-order valence-electron chi connectivity index (χ4n) is 3.14. The molecular weight excluding hydrogens is 344 g/mol. The lowest BCUT2D eigenvalue weighted by molar-refractivity contribution is -0.392. The van der Waals surface area contributed by atoms with Crippen LogP contribution in [0.4, 0.5) is 17.1 Å². The molecule has 1 fully saturated rings. The number of nitrogens with one attached hydrogen (secondary N) is 1. The molecule has 1 saturated heterocycles. The van der Waals surface area contributed by atoms with Gasteiger partial charge in [-0.05, 0) is 33.3 Å². The summed E-state index contributed by atoms with van der Waals surface area (Å²) in [6.07, 6.45) is 0.0897. The lowest BCUT2D eigenvalue weighted by Gasteiger charge is -2.32. The summed E-state index contributed by atoms with van der Waals surface area (Å²) in [4.78, 5) is 35.4. The third kappa shape index (κ3) is 3.59. The zero-order chi connectivity index (χ0) is 19.8. The summed E-state index contributed by atoms with van der Waals surface area (Å²) in [5.74, 6) is -0.121. The monoisotopic (exact) mass is 366 g/mol. The number of aliphatic hydroxyl groups is 1. The molecule has 0 bridgehead atoms. The normalized spacial score (nSPS) is 17.5. The van der Waals surface area contributed by atoms with E-state index in [1.165, 1.54) is 6.92 Å². The van der Waals surface area contributed by atoms with Gasteiger partial charge in [-0.2, -0.15) is 0 Å². The highest BCUT2D eigenvalue weighted by Crippen LogP contribution is 2.40. The maximum Gasteiger partial charge on any atom is 0.302 e. The molecule has 0 saturated carbocycles. The predicted molar refractivity (Wildman–Crippen MR) is 93.9 cm³/mol. The second-order valence-electron chi connectivity index (χ2n) is 7.30. The van der Waals surface area contributed by atoms with Crippen LogP contribution in [0.25, 0.3) is 0 Å². The van der Waals surface area contributed by atoms with Crippen molar-refractivity contribution in [1.82, 2.24) is 4.90 Å². The first-order valence-corrected chi connectivity index (χ1v) is 8.10. The Balaban J connectivity index is 2.49. The second-order valence-corrected chi connectivity index (χ2v) is 7.30. The van der Waals surface area contributed by atoms with Gasteiger partial charge in [0.1, 0.15) is 0 Å². The quantitative estimate of drug-likeness (QED) is 0.601. The van der Waals surface area contributed by atoms with Gasteiger partial charge in [0.05, 0.1) is 22.5 Å². The molecule has 0 spiro atoms. The van der Waals surface area contributed by atoms with Crippen molar-refractivity contribution in [2.75, 3.05) is 11.9 Å². The number of benzene rings is 1. The van der Waals surface area contributed by atoms with Gasteiger partial charge in [-0.15, -0.1) is 0 Å². The van der Waals surface area contributed by atoms with Crippen LogP contribution in [0.15, 0.2) is 6.07 Å². The number of carbonyl (C=O) groups excluding carboxylic acids is 1. The summed E-state index contributed by atoms with van der Waals surface area (Å²) in [7, 11) is 0. The van der Waals surface area contributed by atoms with Gasteiger partial charge in [0, 0.05) is 30.1 Å². The van der Waals surface area contributed by atoms with Crippen LogP contribution in [0.5, 0.6) is 0 Å². The molecule has 0 aromatic heterocycles. The summed E-state index contributed by atoms with van der Waals surface area (Å²) >= 11 is 0. The maximum absolute atomic E-state index is 12.2. The Labute approximate surface area is 150 Å². The summed E-state index contributed by atoms with van der Waals surface area (Å²) in [5.41, 5.74) is -1.32. The minimum Gasteiger partial charge on any atom is -0.392 e. The van der Waals surface area contributed by atoms with Crippen molar-refractivity contribution < 1.29 is 19.7 Å². The molecule has 2 N–H and O–H groups in total. The molecule has 142 valence electrons. The number of amides is 1. The lowest BCUT2D eigenvalue weighted by Crippen LogP contribution is -2.43. The molecule has 1 unspecified atom stereocenters. The second kappa shape index (κ2) is 6.87. The van der Waals surface area contributed by atoms with Crippen LogP contribution in [-0.2, 0) is 11.4 Å². The molecule has 1 aliphatic heterocycles. The summed E-state index contributed by atoms with van der Waals surface area (Å²) in [5, 5.41) is 35.1. The molecule has 0 aliphatic carbocycles. The zero-order valence-corrected chi connectivity index (χ0v) is 15.1. The standard InChI is InChI=1S/C16H22N4O6/c1-9-10(8-21)5-12(19(23)24)14(15(9)20(25)26)17-11-6-13(22)18(7-11)16(2,3)4/h5,11,17,21H,6-8H2,1-4H3. The Morgan fingerprint density at radius 3 is 2.35 bits per heavy atom. The van der Waals surface area contributed by atoms with E-state index in [-0.39, 0.29) is 35.7 Å². The molecule has 2 rings (SSSR count). The van der Waals surface area contributed by atoms with Gasteiger partial charge in [-0.25, -0.2) is 0 Å². The van der Waals surface area contributed by atoms with Gasteiger partial charge in [-0.1, -0.05) is 0 Å². The minimum absolute atomic E-state index is 0.0897. The van der Waals surface area contributed by atoms with Crippen molar-refractivity contribution in [3.63, 3.8) is 0 Å². The van der Waals surface area contributed by atoms with E-state index in [0.717, 1.165) is 6.07 Å². The topological polar surface area (TPSA) is 139 Å². The predicted octanol–water partition coefficient (Wildman–Crippen LogP) is 2.12. The average Bonchev–Trinajstić information content (AvgIpc) is 2.87. The molecule has 26 heavy (non-hydrogen) atoms. The first-order chi connectivity index (χ1) is 12.0. The highest BCUT2D eigenvalue weighted by Gasteiger charge is 2.39. The number of aliphatic hydroxyl groups excluding tert-OH is 1. The van der Waals surface area contributed by atoms with E-state index >= 15 is 0 Å². The van der Waals surface area contributed by atoms with Crippen LogP contribution in [0.1, 0.15) is 38.3 Å². The van der Waals surface area contributed by atoms with Crippen LogP contribution < -0.4 is 5.32 Å². The highest BCUT2D eigenvalue weighted by atomic mass is 16.6. The summed E-state index contributed by atoms with van der Waals surface area (Å²) in [6, 6.07) is 0.640.